The molecule has 1 saturated carbocycles. The summed E-state index contributed by atoms with van der Waals surface area (Å²) < 4.78 is 25.7. The van der Waals surface area contributed by atoms with Crippen molar-refractivity contribution in [1.29, 1.82) is 0 Å². The first-order valence-electron chi connectivity index (χ1n) is 12.9. The zero-order chi connectivity index (χ0) is 28.4. The predicted octanol–water partition coefficient (Wildman–Crippen LogP) is 5.77. The molecule has 0 amide bonds. The van der Waals surface area contributed by atoms with Crippen molar-refractivity contribution in [2.75, 3.05) is 13.2 Å². The molecule has 2 aromatic carbocycles. The molecule has 3 rings (SSSR count). The number of carbonyl (C=O) groups is 4. The van der Waals surface area contributed by atoms with Crippen LogP contribution in [0.15, 0.2) is 61.2 Å². The monoisotopic (exact) mass is 538 g/mol. The first kappa shape index (κ1) is 29.4. The molecule has 0 heterocycles. The van der Waals surface area contributed by atoms with Crippen LogP contribution in [0.4, 0.5) is 4.79 Å². The molecule has 0 aromatic heterocycles. The molecule has 3 unspecified atom stereocenters. The molecular weight excluding hydrogens is 504 g/mol. The Bertz CT molecular complexity index is 1150. The lowest BCUT2D eigenvalue weighted by atomic mass is 9.75. The SMILES string of the molecule is C=CC(=O)OCCOC(=O)Oc1ccc(C(=O)Oc2ccc(C(=O)OC3CC(C)CCC3C(C)C)cc2)cc1. The Kier molecular flexibility index (Phi) is 10.7. The molecule has 1 aliphatic carbocycles. The molecule has 0 spiro atoms. The molecule has 208 valence electrons. The van der Waals surface area contributed by atoms with E-state index in [1.165, 1.54) is 36.4 Å². The van der Waals surface area contributed by atoms with E-state index in [4.69, 9.17) is 18.9 Å². The fraction of sp³-hybridized carbons (Fsp3) is 0.400. The van der Waals surface area contributed by atoms with Gasteiger partial charge in [-0.3, -0.25) is 0 Å². The summed E-state index contributed by atoms with van der Waals surface area (Å²) in [6.45, 7) is 9.44. The molecule has 9 heteroatoms. The number of ether oxygens (including phenoxy) is 5. The summed E-state index contributed by atoms with van der Waals surface area (Å²) in [5.41, 5.74) is 0.615. The van der Waals surface area contributed by atoms with Gasteiger partial charge in [0.2, 0.25) is 0 Å². The number of esters is 3. The van der Waals surface area contributed by atoms with Crippen LogP contribution in [-0.4, -0.2) is 43.4 Å². The number of benzene rings is 2. The largest absolute Gasteiger partial charge is 0.513 e. The molecule has 1 fully saturated rings. The smallest absolute Gasteiger partial charge is 0.459 e. The lowest BCUT2D eigenvalue weighted by Crippen LogP contribution is -2.35. The van der Waals surface area contributed by atoms with E-state index >= 15 is 0 Å². The van der Waals surface area contributed by atoms with E-state index < -0.39 is 18.1 Å². The maximum Gasteiger partial charge on any atom is 0.513 e. The van der Waals surface area contributed by atoms with Gasteiger partial charge in [-0.15, -0.1) is 0 Å². The van der Waals surface area contributed by atoms with Crippen molar-refractivity contribution in [3.63, 3.8) is 0 Å². The van der Waals surface area contributed by atoms with Crippen molar-refractivity contribution < 1.29 is 42.9 Å². The van der Waals surface area contributed by atoms with Crippen LogP contribution < -0.4 is 9.47 Å². The average Bonchev–Trinajstić information content (AvgIpc) is 2.91. The first-order valence-corrected chi connectivity index (χ1v) is 12.9. The quantitative estimate of drug-likeness (QED) is 0.0929. The lowest BCUT2D eigenvalue weighted by molar-refractivity contribution is -0.138. The Morgan fingerprint density at radius 3 is 2.00 bits per heavy atom. The van der Waals surface area contributed by atoms with E-state index in [9.17, 15) is 19.2 Å². The zero-order valence-corrected chi connectivity index (χ0v) is 22.4. The molecule has 0 radical (unpaired) electrons. The second-order valence-corrected chi connectivity index (χ2v) is 9.78. The van der Waals surface area contributed by atoms with Gasteiger partial charge in [-0.1, -0.05) is 33.8 Å². The van der Waals surface area contributed by atoms with Crippen molar-refractivity contribution in [1.82, 2.24) is 0 Å². The molecule has 1 aliphatic rings. The van der Waals surface area contributed by atoms with Crippen LogP contribution in [-0.2, 0) is 19.0 Å². The van der Waals surface area contributed by atoms with Gasteiger partial charge in [-0.05, 0) is 79.1 Å². The first-order chi connectivity index (χ1) is 18.7. The highest BCUT2D eigenvalue weighted by Crippen LogP contribution is 2.35. The minimum atomic E-state index is -0.990. The van der Waals surface area contributed by atoms with E-state index in [2.05, 4.69) is 32.1 Å². The Morgan fingerprint density at radius 2 is 1.41 bits per heavy atom. The minimum absolute atomic E-state index is 0.102. The molecule has 0 aliphatic heterocycles. The van der Waals surface area contributed by atoms with E-state index in [1.54, 1.807) is 12.1 Å². The second kappa shape index (κ2) is 14.1. The topological polar surface area (TPSA) is 114 Å². The molecule has 0 saturated heterocycles. The molecule has 0 N–H and O–H groups in total. The molecular formula is C30H34O9. The third-order valence-corrected chi connectivity index (χ3v) is 6.53. The van der Waals surface area contributed by atoms with Gasteiger partial charge in [0.15, 0.2) is 0 Å². The van der Waals surface area contributed by atoms with Gasteiger partial charge >= 0.3 is 24.1 Å². The predicted molar refractivity (Wildman–Crippen MR) is 142 cm³/mol. The molecule has 9 nitrogen and oxygen atoms in total. The molecule has 3 atom stereocenters. The Hall–Kier alpha value is -4.14. The summed E-state index contributed by atoms with van der Waals surface area (Å²) >= 11 is 0. The van der Waals surface area contributed by atoms with Crippen molar-refractivity contribution in [2.45, 2.75) is 46.1 Å². The van der Waals surface area contributed by atoms with Crippen molar-refractivity contribution in [2.24, 2.45) is 17.8 Å². The van der Waals surface area contributed by atoms with Crippen LogP contribution in [0.25, 0.3) is 0 Å². The van der Waals surface area contributed by atoms with Crippen molar-refractivity contribution in [3.05, 3.63) is 72.3 Å². The van der Waals surface area contributed by atoms with E-state index in [0.717, 1.165) is 25.3 Å². The number of hydrogen-bond acceptors (Lipinski definition) is 9. The molecule has 39 heavy (non-hydrogen) atoms. The van der Waals surface area contributed by atoms with Gasteiger partial charge in [-0.2, -0.15) is 0 Å². The fourth-order valence-corrected chi connectivity index (χ4v) is 4.39. The lowest BCUT2D eigenvalue weighted by Gasteiger charge is -2.36. The van der Waals surface area contributed by atoms with Gasteiger partial charge in [0.05, 0.1) is 11.1 Å². The van der Waals surface area contributed by atoms with Crippen LogP contribution >= 0.6 is 0 Å². The summed E-state index contributed by atoms with van der Waals surface area (Å²) in [5.74, 6) is 0.0861. The normalized spacial score (nSPS) is 18.5. The Morgan fingerprint density at radius 1 is 0.846 bits per heavy atom. The zero-order valence-electron chi connectivity index (χ0n) is 22.4. The van der Waals surface area contributed by atoms with Crippen LogP contribution in [0.3, 0.4) is 0 Å². The summed E-state index contributed by atoms with van der Waals surface area (Å²) in [7, 11) is 0. The van der Waals surface area contributed by atoms with Crippen LogP contribution in [0, 0.1) is 17.8 Å². The average molecular weight is 539 g/mol. The van der Waals surface area contributed by atoms with Gasteiger partial charge in [0.1, 0.15) is 30.8 Å². The Labute approximate surface area is 228 Å². The van der Waals surface area contributed by atoms with Crippen LogP contribution in [0.1, 0.15) is 60.7 Å². The maximum atomic E-state index is 12.8. The molecule has 0 bridgehead atoms. The number of carbonyl (C=O) groups excluding carboxylic acids is 4. The fourth-order valence-electron chi connectivity index (χ4n) is 4.39. The highest BCUT2D eigenvalue weighted by molar-refractivity contribution is 5.92. The van der Waals surface area contributed by atoms with Crippen LogP contribution in [0.2, 0.25) is 0 Å². The van der Waals surface area contributed by atoms with E-state index in [0.29, 0.717) is 23.3 Å². The van der Waals surface area contributed by atoms with Gasteiger partial charge in [-0.25, -0.2) is 19.2 Å². The van der Waals surface area contributed by atoms with Gasteiger partial charge < -0.3 is 23.7 Å². The van der Waals surface area contributed by atoms with Crippen molar-refractivity contribution in [3.8, 4) is 11.5 Å². The third-order valence-electron chi connectivity index (χ3n) is 6.53. The number of hydrogen-bond donors (Lipinski definition) is 0. The summed E-state index contributed by atoms with van der Waals surface area (Å²) in [6.07, 6.45) is 2.97. The summed E-state index contributed by atoms with van der Waals surface area (Å²) in [4.78, 5) is 47.9. The van der Waals surface area contributed by atoms with E-state index in [-0.39, 0.29) is 42.3 Å². The van der Waals surface area contributed by atoms with E-state index in [1.807, 2.05) is 0 Å². The van der Waals surface area contributed by atoms with Crippen molar-refractivity contribution >= 4 is 24.1 Å². The molecule has 2 aromatic rings. The van der Waals surface area contributed by atoms with Gasteiger partial charge in [0, 0.05) is 6.08 Å². The summed E-state index contributed by atoms with van der Waals surface area (Å²) in [6, 6.07) is 11.9. The maximum absolute atomic E-state index is 12.8. The second-order valence-electron chi connectivity index (χ2n) is 9.78. The highest BCUT2D eigenvalue weighted by Gasteiger charge is 2.33. The summed E-state index contributed by atoms with van der Waals surface area (Å²) in [5, 5.41) is 0. The minimum Gasteiger partial charge on any atom is -0.459 e. The standard InChI is InChI=1S/C30H34O9/c1-5-27(31)35-16-17-36-30(34)38-24-13-9-21(10-14-24)28(32)37-23-11-7-22(8-12-23)29(33)39-26-18-20(4)6-15-25(26)19(2)3/h5,7-14,19-20,25-26H,1,6,15-18H2,2-4H3. The number of rotatable bonds is 10. The third kappa shape index (κ3) is 8.98. The van der Waals surface area contributed by atoms with Crippen LogP contribution in [0.5, 0.6) is 11.5 Å². The van der Waals surface area contributed by atoms with Gasteiger partial charge in [0.25, 0.3) is 0 Å². The highest BCUT2D eigenvalue weighted by atomic mass is 16.7. The Balaban J connectivity index is 1.48.